The highest BCUT2D eigenvalue weighted by Gasteiger charge is 2.31. The molecule has 3 rings (SSSR count). The maximum atomic E-state index is 12.6. The lowest BCUT2D eigenvalue weighted by molar-refractivity contribution is 0.525. The molecule has 7 nitrogen and oxygen atoms in total. The molecule has 0 aliphatic heterocycles. The van der Waals surface area contributed by atoms with Crippen molar-refractivity contribution in [3.63, 3.8) is 0 Å². The van der Waals surface area contributed by atoms with Crippen molar-refractivity contribution in [1.29, 1.82) is 0 Å². The molecule has 2 N–H and O–H groups in total. The highest BCUT2D eigenvalue weighted by atomic mass is 16.2. The molecular weight excluding hydrogens is 270 g/mol. The van der Waals surface area contributed by atoms with E-state index in [1.165, 1.54) is 4.57 Å². The largest absolute Gasteiger partial charge is 0.333 e. The first-order valence-electron chi connectivity index (χ1n) is 7.39. The van der Waals surface area contributed by atoms with E-state index in [1.807, 2.05) is 25.5 Å². The van der Waals surface area contributed by atoms with Crippen LogP contribution in [-0.2, 0) is 13.6 Å². The van der Waals surface area contributed by atoms with E-state index in [2.05, 4.69) is 4.98 Å². The summed E-state index contributed by atoms with van der Waals surface area (Å²) in [5.74, 6) is 1.32. The summed E-state index contributed by atoms with van der Waals surface area (Å²) in [5.41, 5.74) is 5.92. The first-order valence-corrected chi connectivity index (χ1v) is 7.39. The maximum absolute atomic E-state index is 12.6. The Hall–Kier alpha value is -1.89. The Bertz CT molecular complexity index is 807. The van der Waals surface area contributed by atoms with Crippen LogP contribution in [0.1, 0.15) is 44.5 Å². The molecule has 2 heterocycles. The molecule has 114 valence electrons. The second kappa shape index (κ2) is 4.84. The molecule has 1 aliphatic rings. The summed E-state index contributed by atoms with van der Waals surface area (Å²) in [6, 6.07) is -0.0634. The third-order valence-corrected chi connectivity index (χ3v) is 4.04. The highest BCUT2D eigenvalue weighted by molar-refractivity contribution is 5.71. The lowest BCUT2D eigenvalue weighted by Crippen LogP contribution is -2.42. The molecule has 2 aromatic heterocycles. The van der Waals surface area contributed by atoms with Crippen LogP contribution in [0.15, 0.2) is 9.59 Å². The van der Waals surface area contributed by atoms with Crippen LogP contribution < -0.4 is 17.0 Å². The molecule has 0 saturated heterocycles. The first-order chi connectivity index (χ1) is 9.97. The quantitative estimate of drug-likeness (QED) is 0.878. The number of hydrogen-bond donors (Lipinski definition) is 1. The molecule has 0 aromatic carbocycles. The summed E-state index contributed by atoms with van der Waals surface area (Å²) in [6.45, 7) is 4.32. The van der Waals surface area contributed by atoms with Crippen LogP contribution in [0.4, 0.5) is 0 Å². The second-order valence-corrected chi connectivity index (χ2v) is 5.97. The number of nitrogens with zero attached hydrogens (tertiary/aromatic N) is 4. The van der Waals surface area contributed by atoms with Crippen molar-refractivity contribution >= 4 is 11.2 Å². The molecule has 2 aromatic rings. The van der Waals surface area contributed by atoms with E-state index in [0.29, 0.717) is 17.1 Å². The molecule has 0 radical (unpaired) electrons. The lowest BCUT2D eigenvalue weighted by Gasteiger charge is -2.13. The fourth-order valence-corrected chi connectivity index (χ4v) is 2.84. The van der Waals surface area contributed by atoms with Gasteiger partial charge in [-0.15, -0.1) is 0 Å². The number of aromatic nitrogens is 4. The zero-order valence-electron chi connectivity index (χ0n) is 12.7. The fourth-order valence-electron chi connectivity index (χ4n) is 2.84. The summed E-state index contributed by atoms with van der Waals surface area (Å²) >= 11 is 0. The SMILES string of the molecule is CC(C)n1c(=O)n(CCN)c(=O)c2c1nc(C1CC1)n2C. The molecule has 0 bridgehead atoms. The Kier molecular flexibility index (Phi) is 3.24. The molecule has 0 amide bonds. The molecule has 1 saturated carbocycles. The summed E-state index contributed by atoms with van der Waals surface area (Å²) < 4.78 is 4.67. The average molecular weight is 291 g/mol. The van der Waals surface area contributed by atoms with Gasteiger partial charge in [0.15, 0.2) is 11.2 Å². The van der Waals surface area contributed by atoms with Gasteiger partial charge in [0.1, 0.15) is 5.82 Å². The molecule has 0 unspecified atom stereocenters. The predicted octanol–water partition coefficient (Wildman–Crippen LogP) is 0.314. The summed E-state index contributed by atoms with van der Waals surface area (Å²) in [5, 5.41) is 0. The van der Waals surface area contributed by atoms with Gasteiger partial charge in [0.05, 0.1) is 0 Å². The van der Waals surface area contributed by atoms with Gasteiger partial charge in [-0.1, -0.05) is 0 Å². The van der Waals surface area contributed by atoms with E-state index < -0.39 is 0 Å². The first kappa shape index (κ1) is 14.1. The van der Waals surface area contributed by atoms with Crippen molar-refractivity contribution in [3.8, 4) is 0 Å². The van der Waals surface area contributed by atoms with E-state index in [0.717, 1.165) is 18.7 Å². The predicted molar refractivity (Wildman–Crippen MR) is 80.6 cm³/mol. The Balaban J connectivity index is 2.44. The standard InChI is InChI=1S/C14H21N5O2/c1-8(2)19-12-10(13(20)18(7-6-15)14(19)21)17(3)11(16-12)9-4-5-9/h8-9H,4-7,15H2,1-3H3. The third-order valence-electron chi connectivity index (χ3n) is 4.04. The highest BCUT2D eigenvalue weighted by Crippen LogP contribution is 2.39. The summed E-state index contributed by atoms with van der Waals surface area (Å²) in [6.07, 6.45) is 2.19. The maximum Gasteiger partial charge on any atom is 0.333 e. The van der Waals surface area contributed by atoms with E-state index in [4.69, 9.17) is 5.73 Å². The fraction of sp³-hybridized carbons (Fsp3) is 0.643. The van der Waals surface area contributed by atoms with Gasteiger partial charge >= 0.3 is 5.69 Å². The number of hydrogen-bond acceptors (Lipinski definition) is 4. The minimum Gasteiger partial charge on any atom is -0.329 e. The van der Waals surface area contributed by atoms with Gasteiger partial charge in [0, 0.05) is 32.1 Å². The Labute approximate surface area is 122 Å². The molecule has 7 heteroatoms. The minimum absolute atomic E-state index is 0.0634. The van der Waals surface area contributed by atoms with Gasteiger partial charge in [-0.25, -0.2) is 9.78 Å². The Morgan fingerprint density at radius 3 is 2.52 bits per heavy atom. The van der Waals surface area contributed by atoms with Crippen LogP contribution in [0.5, 0.6) is 0 Å². The Morgan fingerprint density at radius 2 is 2.00 bits per heavy atom. The third kappa shape index (κ3) is 2.03. The van der Waals surface area contributed by atoms with E-state index in [1.54, 1.807) is 4.57 Å². The smallest absolute Gasteiger partial charge is 0.329 e. The van der Waals surface area contributed by atoms with Gasteiger partial charge < -0.3 is 10.3 Å². The second-order valence-electron chi connectivity index (χ2n) is 5.97. The van der Waals surface area contributed by atoms with Crippen molar-refractivity contribution in [1.82, 2.24) is 18.7 Å². The molecule has 21 heavy (non-hydrogen) atoms. The van der Waals surface area contributed by atoms with Gasteiger partial charge in [-0.05, 0) is 26.7 Å². The minimum atomic E-state index is -0.326. The van der Waals surface area contributed by atoms with Gasteiger partial charge in [-0.2, -0.15) is 0 Å². The average Bonchev–Trinajstić information content (AvgIpc) is 3.19. The lowest BCUT2D eigenvalue weighted by atomic mass is 10.3. The van der Waals surface area contributed by atoms with Gasteiger partial charge in [0.2, 0.25) is 0 Å². The van der Waals surface area contributed by atoms with Gasteiger partial charge in [0.25, 0.3) is 5.56 Å². The number of fused-ring (bicyclic) bond motifs is 1. The summed E-state index contributed by atoms with van der Waals surface area (Å²) in [7, 11) is 1.85. The van der Waals surface area contributed by atoms with Crippen LogP contribution in [0, 0.1) is 0 Å². The zero-order chi connectivity index (χ0) is 15.3. The van der Waals surface area contributed by atoms with Crippen LogP contribution in [0.25, 0.3) is 11.2 Å². The number of rotatable bonds is 4. The molecule has 1 aliphatic carbocycles. The van der Waals surface area contributed by atoms with Crippen LogP contribution >= 0.6 is 0 Å². The number of aryl methyl sites for hydroxylation is 1. The van der Waals surface area contributed by atoms with Crippen molar-refractivity contribution in [2.75, 3.05) is 6.54 Å². The molecule has 0 spiro atoms. The monoisotopic (exact) mass is 291 g/mol. The zero-order valence-corrected chi connectivity index (χ0v) is 12.7. The van der Waals surface area contributed by atoms with Crippen LogP contribution in [0.3, 0.4) is 0 Å². The van der Waals surface area contributed by atoms with Crippen LogP contribution in [-0.4, -0.2) is 25.2 Å². The number of imidazole rings is 1. The molecular formula is C14H21N5O2. The number of nitrogens with two attached hydrogens (primary N) is 1. The van der Waals surface area contributed by atoms with E-state index in [9.17, 15) is 9.59 Å². The van der Waals surface area contributed by atoms with Gasteiger partial charge in [-0.3, -0.25) is 13.9 Å². The van der Waals surface area contributed by atoms with E-state index in [-0.39, 0.29) is 30.4 Å². The summed E-state index contributed by atoms with van der Waals surface area (Å²) in [4.78, 5) is 29.8. The Morgan fingerprint density at radius 1 is 1.33 bits per heavy atom. The molecule has 1 fully saturated rings. The van der Waals surface area contributed by atoms with Crippen LogP contribution in [0.2, 0.25) is 0 Å². The van der Waals surface area contributed by atoms with Crippen molar-refractivity contribution in [2.45, 2.75) is 45.2 Å². The van der Waals surface area contributed by atoms with Crippen molar-refractivity contribution in [3.05, 3.63) is 26.7 Å². The molecule has 0 atom stereocenters. The topological polar surface area (TPSA) is 87.8 Å². The van der Waals surface area contributed by atoms with Crippen molar-refractivity contribution < 1.29 is 0 Å². The van der Waals surface area contributed by atoms with E-state index >= 15 is 0 Å². The normalized spacial score (nSPS) is 15.3. The van der Waals surface area contributed by atoms with Crippen molar-refractivity contribution in [2.24, 2.45) is 12.8 Å².